The molecule has 2 aromatic rings. The maximum Gasteiger partial charge on any atom is 0.271 e. The number of furan rings is 1. The van der Waals surface area contributed by atoms with Gasteiger partial charge in [-0.15, -0.1) is 0 Å². The number of aromatic nitrogens is 2. The minimum Gasteiger partial charge on any atom is -0.469 e. The predicted octanol–water partition coefficient (Wildman–Crippen LogP) is 0.796. The number of carbonyl (C=O) groups excluding carboxylic acids is 1. The zero-order chi connectivity index (χ0) is 13.7. The van der Waals surface area contributed by atoms with E-state index in [0.717, 1.165) is 5.76 Å². The highest BCUT2D eigenvalue weighted by Gasteiger charge is 2.13. The van der Waals surface area contributed by atoms with E-state index in [1.807, 2.05) is 19.1 Å². The average Bonchev–Trinajstić information content (AvgIpc) is 3.00. The number of hydrogen-bond acceptors (Lipinski definition) is 4. The van der Waals surface area contributed by atoms with Crippen LogP contribution in [-0.4, -0.2) is 28.0 Å². The molecule has 0 aliphatic rings. The first-order valence-electron chi connectivity index (χ1n) is 6.24. The van der Waals surface area contributed by atoms with Crippen LogP contribution in [0, 0.1) is 0 Å². The lowest BCUT2D eigenvalue weighted by molar-refractivity contribution is 0.0934. The van der Waals surface area contributed by atoms with Crippen LogP contribution < -0.4 is 11.1 Å². The van der Waals surface area contributed by atoms with Gasteiger partial charge >= 0.3 is 0 Å². The van der Waals surface area contributed by atoms with Crippen molar-refractivity contribution < 1.29 is 9.21 Å². The lowest BCUT2D eigenvalue weighted by Gasteiger charge is -2.11. The van der Waals surface area contributed by atoms with Crippen molar-refractivity contribution in [2.75, 3.05) is 6.54 Å². The maximum absolute atomic E-state index is 12.0. The molecule has 2 aromatic heterocycles. The first-order chi connectivity index (χ1) is 9.19. The minimum absolute atomic E-state index is 0.0155. The summed E-state index contributed by atoms with van der Waals surface area (Å²) in [5.41, 5.74) is 5.85. The van der Waals surface area contributed by atoms with Gasteiger partial charge in [0.05, 0.1) is 12.6 Å². The van der Waals surface area contributed by atoms with E-state index in [9.17, 15) is 4.79 Å². The topological polar surface area (TPSA) is 86.1 Å². The number of rotatable bonds is 6. The standard InChI is InChI=1S/C13H18N4O2/c1-10(7-11-3-2-6-19-11)16-13(18)12-8-17(5-4-14)9-15-12/h2-3,6,8-10H,4-5,7,14H2,1H3,(H,16,18). The second-order valence-corrected chi connectivity index (χ2v) is 4.44. The van der Waals surface area contributed by atoms with E-state index >= 15 is 0 Å². The summed E-state index contributed by atoms with van der Waals surface area (Å²) in [5.74, 6) is 0.663. The van der Waals surface area contributed by atoms with Crippen LogP contribution in [0.3, 0.4) is 0 Å². The molecule has 2 heterocycles. The fourth-order valence-corrected chi connectivity index (χ4v) is 1.83. The Kier molecular flexibility index (Phi) is 4.35. The molecular weight excluding hydrogens is 244 g/mol. The number of imidazole rings is 1. The van der Waals surface area contributed by atoms with Gasteiger partial charge in [-0.1, -0.05) is 0 Å². The van der Waals surface area contributed by atoms with Gasteiger partial charge in [0.15, 0.2) is 0 Å². The van der Waals surface area contributed by atoms with Crippen molar-refractivity contribution in [1.82, 2.24) is 14.9 Å². The van der Waals surface area contributed by atoms with Crippen molar-refractivity contribution in [1.29, 1.82) is 0 Å². The van der Waals surface area contributed by atoms with Crippen molar-refractivity contribution in [3.8, 4) is 0 Å². The third kappa shape index (κ3) is 3.69. The van der Waals surface area contributed by atoms with Crippen LogP contribution >= 0.6 is 0 Å². The Morgan fingerprint density at radius 3 is 3.16 bits per heavy atom. The van der Waals surface area contributed by atoms with Gasteiger partial charge in [0.1, 0.15) is 11.5 Å². The van der Waals surface area contributed by atoms with Gasteiger partial charge in [-0.25, -0.2) is 4.98 Å². The molecular formula is C13H18N4O2. The Balaban J connectivity index is 1.88. The van der Waals surface area contributed by atoms with E-state index in [0.29, 0.717) is 25.2 Å². The minimum atomic E-state index is -0.185. The van der Waals surface area contributed by atoms with Gasteiger partial charge in [0, 0.05) is 31.7 Å². The van der Waals surface area contributed by atoms with Crippen molar-refractivity contribution in [3.05, 3.63) is 42.4 Å². The number of carbonyl (C=O) groups is 1. The fraction of sp³-hybridized carbons (Fsp3) is 0.385. The molecule has 6 heteroatoms. The van der Waals surface area contributed by atoms with Gasteiger partial charge in [-0.05, 0) is 19.1 Å². The summed E-state index contributed by atoms with van der Waals surface area (Å²) >= 11 is 0. The van der Waals surface area contributed by atoms with Crippen LogP contribution in [0.15, 0.2) is 35.3 Å². The molecule has 0 aliphatic carbocycles. The lowest BCUT2D eigenvalue weighted by atomic mass is 10.2. The first-order valence-corrected chi connectivity index (χ1v) is 6.24. The number of amides is 1. The normalized spacial score (nSPS) is 12.3. The highest BCUT2D eigenvalue weighted by atomic mass is 16.3. The SMILES string of the molecule is CC(Cc1ccco1)NC(=O)c1cn(CCN)cn1. The van der Waals surface area contributed by atoms with Crippen molar-refractivity contribution >= 4 is 5.91 Å². The van der Waals surface area contributed by atoms with E-state index in [2.05, 4.69) is 10.3 Å². The van der Waals surface area contributed by atoms with Gasteiger partial charge in [0.25, 0.3) is 5.91 Å². The van der Waals surface area contributed by atoms with Gasteiger partial charge in [-0.2, -0.15) is 0 Å². The Morgan fingerprint density at radius 1 is 1.63 bits per heavy atom. The Hall–Kier alpha value is -2.08. The predicted molar refractivity (Wildman–Crippen MR) is 70.6 cm³/mol. The van der Waals surface area contributed by atoms with Crippen LogP contribution in [-0.2, 0) is 13.0 Å². The molecule has 19 heavy (non-hydrogen) atoms. The molecule has 0 bridgehead atoms. The highest BCUT2D eigenvalue weighted by Crippen LogP contribution is 2.05. The monoisotopic (exact) mass is 262 g/mol. The van der Waals surface area contributed by atoms with Crippen LogP contribution in [0.5, 0.6) is 0 Å². The molecule has 0 fully saturated rings. The van der Waals surface area contributed by atoms with Gasteiger partial charge in [0.2, 0.25) is 0 Å². The second kappa shape index (κ2) is 6.19. The third-order valence-electron chi connectivity index (χ3n) is 2.72. The largest absolute Gasteiger partial charge is 0.469 e. The van der Waals surface area contributed by atoms with Crippen molar-refractivity contribution in [3.63, 3.8) is 0 Å². The second-order valence-electron chi connectivity index (χ2n) is 4.44. The number of nitrogens with two attached hydrogens (primary N) is 1. The maximum atomic E-state index is 12.0. The van der Waals surface area contributed by atoms with Crippen LogP contribution in [0.4, 0.5) is 0 Å². The smallest absolute Gasteiger partial charge is 0.271 e. The van der Waals surface area contributed by atoms with Crippen LogP contribution in [0.25, 0.3) is 0 Å². The fourth-order valence-electron chi connectivity index (χ4n) is 1.83. The molecule has 1 amide bonds. The third-order valence-corrected chi connectivity index (χ3v) is 2.72. The van der Waals surface area contributed by atoms with E-state index < -0.39 is 0 Å². The van der Waals surface area contributed by atoms with Gasteiger partial charge < -0.3 is 20.0 Å². The molecule has 6 nitrogen and oxygen atoms in total. The van der Waals surface area contributed by atoms with Crippen LogP contribution in [0.1, 0.15) is 23.2 Å². The molecule has 0 spiro atoms. The number of nitrogens with zero attached hydrogens (tertiary/aromatic N) is 2. The van der Waals surface area contributed by atoms with E-state index in [1.165, 1.54) is 0 Å². The molecule has 1 unspecified atom stereocenters. The summed E-state index contributed by atoms with van der Waals surface area (Å²) in [6, 6.07) is 3.70. The molecule has 0 radical (unpaired) electrons. The molecule has 3 N–H and O–H groups in total. The average molecular weight is 262 g/mol. The molecule has 0 aliphatic heterocycles. The van der Waals surface area contributed by atoms with Crippen molar-refractivity contribution in [2.45, 2.75) is 25.9 Å². The number of nitrogens with one attached hydrogen (secondary N) is 1. The first kappa shape index (κ1) is 13.4. The lowest BCUT2D eigenvalue weighted by Crippen LogP contribution is -2.34. The Morgan fingerprint density at radius 2 is 2.47 bits per heavy atom. The molecule has 1 atom stereocenters. The summed E-state index contributed by atoms with van der Waals surface area (Å²) in [5, 5.41) is 2.88. The summed E-state index contributed by atoms with van der Waals surface area (Å²) in [7, 11) is 0. The summed E-state index contributed by atoms with van der Waals surface area (Å²) in [4.78, 5) is 16.0. The molecule has 0 saturated heterocycles. The Bertz CT molecular complexity index is 518. The molecule has 2 rings (SSSR count). The highest BCUT2D eigenvalue weighted by molar-refractivity contribution is 5.92. The Labute approximate surface area is 111 Å². The van der Waals surface area contributed by atoms with Crippen LogP contribution in [0.2, 0.25) is 0 Å². The van der Waals surface area contributed by atoms with Crippen molar-refractivity contribution in [2.24, 2.45) is 5.73 Å². The summed E-state index contributed by atoms with van der Waals surface area (Å²) in [6.07, 6.45) is 5.58. The van der Waals surface area contributed by atoms with E-state index in [4.69, 9.17) is 10.2 Å². The zero-order valence-electron chi connectivity index (χ0n) is 10.9. The molecule has 0 aromatic carbocycles. The van der Waals surface area contributed by atoms with E-state index in [1.54, 1.807) is 23.4 Å². The summed E-state index contributed by atoms with van der Waals surface area (Å²) < 4.78 is 7.04. The quantitative estimate of drug-likeness (QED) is 0.806. The number of hydrogen-bond donors (Lipinski definition) is 2. The zero-order valence-corrected chi connectivity index (χ0v) is 10.9. The molecule has 0 saturated carbocycles. The molecule has 102 valence electrons. The summed E-state index contributed by atoms with van der Waals surface area (Å²) in [6.45, 7) is 3.10. The van der Waals surface area contributed by atoms with E-state index in [-0.39, 0.29) is 11.9 Å². The van der Waals surface area contributed by atoms with Gasteiger partial charge in [-0.3, -0.25) is 4.79 Å².